The zero-order valence-electron chi connectivity index (χ0n) is 14.6. The number of nitrogens with zero attached hydrogens (tertiary/aromatic N) is 1. The molecule has 0 saturated heterocycles. The quantitative estimate of drug-likeness (QED) is 0.787. The van der Waals surface area contributed by atoms with E-state index in [-0.39, 0.29) is 5.91 Å². The molecular weight excluding hydrogens is 312 g/mol. The lowest BCUT2D eigenvalue weighted by Crippen LogP contribution is -2.36. The molecule has 25 heavy (non-hydrogen) atoms. The molecule has 2 aromatic carbocycles. The molecule has 4 heteroatoms. The van der Waals surface area contributed by atoms with Crippen molar-refractivity contribution in [1.29, 1.82) is 0 Å². The van der Waals surface area contributed by atoms with Gasteiger partial charge in [0.05, 0.1) is 13.5 Å². The predicted octanol–water partition coefficient (Wildman–Crippen LogP) is 4.01. The molecule has 2 heterocycles. The molecular formula is C21H22N2O2. The van der Waals surface area contributed by atoms with Crippen molar-refractivity contribution < 1.29 is 9.53 Å². The maximum atomic E-state index is 13.1. The number of aromatic nitrogens is 1. The zero-order valence-corrected chi connectivity index (χ0v) is 14.6. The monoisotopic (exact) mass is 334 g/mol. The van der Waals surface area contributed by atoms with Crippen molar-refractivity contribution in [3.63, 3.8) is 0 Å². The second-order valence-electron chi connectivity index (χ2n) is 6.59. The van der Waals surface area contributed by atoms with Crippen molar-refractivity contribution in [2.75, 3.05) is 18.6 Å². The Morgan fingerprint density at radius 3 is 2.92 bits per heavy atom. The van der Waals surface area contributed by atoms with E-state index in [0.717, 1.165) is 53.0 Å². The van der Waals surface area contributed by atoms with Crippen molar-refractivity contribution in [1.82, 2.24) is 4.98 Å². The van der Waals surface area contributed by atoms with Crippen LogP contribution in [0.4, 0.5) is 5.69 Å². The lowest BCUT2D eigenvalue weighted by molar-refractivity contribution is -0.118. The first kappa shape index (κ1) is 15.8. The van der Waals surface area contributed by atoms with Crippen LogP contribution in [0.25, 0.3) is 10.9 Å². The molecule has 1 aliphatic heterocycles. The number of para-hydroxylation sites is 1. The minimum absolute atomic E-state index is 0.152. The molecule has 0 atom stereocenters. The lowest BCUT2D eigenvalue weighted by atomic mass is 10.00. The molecule has 1 aliphatic rings. The number of fused-ring (bicyclic) bond motifs is 2. The first-order valence-corrected chi connectivity index (χ1v) is 8.71. The Labute approximate surface area is 147 Å². The van der Waals surface area contributed by atoms with Crippen LogP contribution in [0, 0.1) is 6.92 Å². The molecule has 0 bridgehead atoms. The molecule has 0 spiro atoms. The van der Waals surface area contributed by atoms with E-state index in [1.807, 2.05) is 42.2 Å². The number of anilines is 1. The maximum Gasteiger partial charge on any atom is 0.231 e. The second kappa shape index (κ2) is 6.28. The van der Waals surface area contributed by atoms with Crippen LogP contribution in [0.5, 0.6) is 5.75 Å². The van der Waals surface area contributed by atoms with Gasteiger partial charge in [0.15, 0.2) is 0 Å². The Bertz CT molecular complexity index is 942. The topological polar surface area (TPSA) is 45.3 Å². The summed E-state index contributed by atoms with van der Waals surface area (Å²) in [5.41, 5.74) is 5.47. The molecule has 128 valence electrons. The first-order chi connectivity index (χ1) is 12.2. The van der Waals surface area contributed by atoms with Gasteiger partial charge in [0.25, 0.3) is 0 Å². The van der Waals surface area contributed by atoms with Crippen LogP contribution in [0.2, 0.25) is 0 Å². The fourth-order valence-electron chi connectivity index (χ4n) is 3.76. The smallest absolute Gasteiger partial charge is 0.231 e. The Morgan fingerprint density at radius 1 is 1.24 bits per heavy atom. The largest absolute Gasteiger partial charge is 0.497 e. The van der Waals surface area contributed by atoms with Crippen LogP contribution in [0.3, 0.4) is 0 Å². The fraction of sp³-hybridized carbons (Fsp3) is 0.286. The van der Waals surface area contributed by atoms with Gasteiger partial charge in [-0.3, -0.25) is 4.79 Å². The zero-order chi connectivity index (χ0) is 17.4. The third kappa shape index (κ3) is 2.78. The van der Waals surface area contributed by atoms with Gasteiger partial charge in [-0.1, -0.05) is 18.2 Å². The van der Waals surface area contributed by atoms with Gasteiger partial charge in [-0.25, -0.2) is 0 Å². The summed E-state index contributed by atoms with van der Waals surface area (Å²) in [6.45, 7) is 2.82. The van der Waals surface area contributed by atoms with Gasteiger partial charge in [-0.15, -0.1) is 0 Å². The van der Waals surface area contributed by atoms with Gasteiger partial charge >= 0.3 is 0 Å². The van der Waals surface area contributed by atoms with Crippen molar-refractivity contribution in [3.8, 4) is 5.75 Å². The van der Waals surface area contributed by atoms with E-state index in [2.05, 4.69) is 17.1 Å². The molecule has 3 aromatic rings. The van der Waals surface area contributed by atoms with Crippen LogP contribution < -0.4 is 9.64 Å². The van der Waals surface area contributed by atoms with E-state index >= 15 is 0 Å². The summed E-state index contributed by atoms with van der Waals surface area (Å²) in [4.78, 5) is 18.4. The molecule has 0 saturated carbocycles. The normalized spacial score (nSPS) is 13.8. The SMILES string of the molecule is COc1ccc2[nH]c(C)c(CC(=O)N3CCCc4ccccc43)c2c1. The van der Waals surface area contributed by atoms with E-state index in [9.17, 15) is 4.79 Å². The number of hydrogen-bond acceptors (Lipinski definition) is 2. The highest BCUT2D eigenvalue weighted by Crippen LogP contribution is 2.30. The average Bonchev–Trinajstić information content (AvgIpc) is 2.95. The number of amides is 1. The van der Waals surface area contributed by atoms with E-state index in [0.29, 0.717) is 6.42 Å². The van der Waals surface area contributed by atoms with Crippen molar-refractivity contribution in [3.05, 3.63) is 59.3 Å². The first-order valence-electron chi connectivity index (χ1n) is 8.71. The molecule has 0 unspecified atom stereocenters. The second-order valence-corrected chi connectivity index (χ2v) is 6.59. The van der Waals surface area contributed by atoms with Gasteiger partial charge < -0.3 is 14.6 Å². The number of aryl methyl sites for hydroxylation is 2. The van der Waals surface area contributed by atoms with Crippen molar-refractivity contribution in [2.45, 2.75) is 26.2 Å². The Balaban J connectivity index is 1.68. The molecule has 1 amide bonds. The summed E-state index contributed by atoms with van der Waals surface area (Å²) >= 11 is 0. The minimum atomic E-state index is 0.152. The van der Waals surface area contributed by atoms with Crippen molar-refractivity contribution in [2.24, 2.45) is 0 Å². The number of carbonyl (C=O) groups excluding carboxylic acids is 1. The molecule has 1 aromatic heterocycles. The molecule has 4 rings (SSSR count). The highest BCUT2D eigenvalue weighted by Gasteiger charge is 2.23. The molecule has 1 N–H and O–H groups in total. The highest BCUT2D eigenvalue weighted by molar-refractivity contribution is 5.99. The number of benzene rings is 2. The summed E-state index contributed by atoms with van der Waals surface area (Å²) in [6, 6.07) is 14.2. The van der Waals surface area contributed by atoms with E-state index in [1.165, 1.54) is 5.56 Å². The van der Waals surface area contributed by atoms with E-state index in [4.69, 9.17) is 4.74 Å². The Kier molecular flexibility index (Phi) is 3.96. The van der Waals surface area contributed by atoms with Crippen molar-refractivity contribution >= 4 is 22.5 Å². The summed E-state index contributed by atoms with van der Waals surface area (Å²) in [5, 5.41) is 1.07. The maximum absolute atomic E-state index is 13.1. The Hall–Kier alpha value is -2.75. The van der Waals surface area contributed by atoms with Crippen LogP contribution in [0.15, 0.2) is 42.5 Å². The van der Waals surface area contributed by atoms with Gasteiger partial charge in [0.2, 0.25) is 5.91 Å². The van der Waals surface area contributed by atoms with Crippen LogP contribution in [-0.2, 0) is 17.6 Å². The Morgan fingerprint density at radius 2 is 2.08 bits per heavy atom. The molecule has 0 fully saturated rings. The molecule has 0 radical (unpaired) electrons. The number of H-pyrrole nitrogens is 1. The third-order valence-electron chi connectivity index (χ3n) is 5.07. The highest BCUT2D eigenvalue weighted by atomic mass is 16.5. The lowest BCUT2D eigenvalue weighted by Gasteiger charge is -2.29. The summed E-state index contributed by atoms with van der Waals surface area (Å²) in [5.74, 6) is 0.961. The summed E-state index contributed by atoms with van der Waals surface area (Å²) in [6.07, 6.45) is 2.46. The predicted molar refractivity (Wildman–Crippen MR) is 100 cm³/mol. The molecule has 0 aliphatic carbocycles. The summed E-state index contributed by atoms with van der Waals surface area (Å²) < 4.78 is 5.35. The van der Waals surface area contributed by atoms with Crippen LogP contribution in [0.1, 0.15) is 23.2 Å². The van der Waals surface area contributed by atoms with Crippen LogP contribution in [-0.4, -0.2) is 24.5 Å². The standard InChI is InChI=1S/C21H22N2O2/c1-14-17(18-12-16(25-2)9-10-19(18)22-14)13-21(24)23-11-5-7-15-6-3-4-8-20(15)23/h3-4,6,8-10,12,22H,5,7,11,13H2,1-2H3. The van der Waals surface area contributed by atoms with Gasteiger partial charge in [0, 0.05) is 28.8 Å². The number of nitrogens with one attached hydrogen (secondary N) is 1. The van der Waals surface area contributed by atoms with Gasteiger partial charge in [0.1, 0.15) is 5.75 Å². The molecule has 4 nitrogen and oxygen atoms in total. The van der Waals surface area contributed by atoms with Gasteiger partial charge in [-0.05, 0) is 55.2 Å². The number of ether oxygens (including phenoxy) is 1. The summed E-state index contributed by atoms with van der Waals surface area (Å²) in [7, 11) is 1.66. The minimum Gasteiger partial charge on any atom is -0.497 e. The van der Waals surface area contributed by atoms with Gasteiger partial charge in [-0.2, -0.15) is 0 Å². The fourth-order valence-corrected chi connectivity index (χ4v) is 3.76. The van der Waals surface area contributed by atoms with E-state index in [1.54, 1.807) is 7.11 Å². The van der Waals surface area contributed by atoms with Crippen LogP contribution >= 0.6 is 0 Å². The third-order valence-corrected chi connectivity index (χ3v) is 5.07. The number of aromatic amines is 1. The number of rotatable bonds is 3. The number of carbonyl (C=O) groups is 1. The van der Waals surface area contributed by atoms with E-state index < -0.39 is 0 Å². The number of methoxy groups -OCH3 is 1. The average molecular weight is 334 g/mol. The number of hydrogen-bond donors (Lipinski definition) is 1.